The van der Waals surface area contributed by atoms with Crippen LogP contribution in [0.15, 0.2) is 47.4 Å². The van der Waals surface area contributed by atoms with E-state index >= 15 is 0 Å². The van der Waals surface area contributed by atoms with E-state index in [-0.39, 0.29) is 16.4 Å². The quantitative estimate of drug-likeness (QED) is 0.663. The maximum absolute atomic E-state index is 12.7. The first-order valence-corrected chi connectivity index (χ1v) is 11.2. The lowest BCUT2D eigenvalue weighted by atomic mass is 10.1. The number of nitrogens with one attached hydrogen (secondary N) is 2. The van der Waals surface area contributed by atoms with Crippen LogP contribution in [0.25, 0.3) is 0 Å². The van der Waals surface area contributed by atoms with Gasteiger partial charge in [-0.1, -0.05) is 0 Å². The first kappa shape index (κ1) is 22.7. The van der Waals surface area contributed by atoms with Crippen molar-refractivity contribution in [1.82, 2.24) is 9.62 Å². The molecule has 1 aliphatic rings. The zero-order valence-electron chi connectivity index (χ0n) is 17.4. The summed E-state index contributed by atoms with van der Waals surface area (Å²) in [7, 11) is -2.53. The fourth-order valence-electron chi connectivity index (χ4n) is 3.20. The van der Waals surface area contributed by atoms with Gasteiger partial charge in [-0.15, -0.1) is 0 Å². The highest BCUT2D eigenvalue weighted by atomic mass is 32.2. The van der Waals surface area contributed by atoms with Crippen LogP contribution in [0.3, 0.4) is 0 Å². The molecule has 2 amide bonds. The van der Waals surface area contributed by atoms with Crippen molar-refractivity contribution in [2.75, 3.05) is 38.7 Å². The number of nitrogens with zero attached hydrogens (tertiary/aromatic N) is 1. The number of anilines is 1. The van der Waals surface area contributed by atoms with Crippen molar-refractivity contribution in [1.29, 1.82) is 0 Å². The Kier molecular flexibility index (Phi) is 7.26. The number of benzene rings is 2. The minimum Gasteiger partial charge on any atom is -0.496 e. The molecule has 0 atom stereocenters. The molecule has 0 aliphatic carbocycles. The molecule has 9 nitrogen and oxygen atoms in total. The summed E-state index contributed by atoms with van der Waals surface area (Å²) < 4.78 is 38.1. The molecule has 0 spiro atoms. The molecule has 0 aromatic heterocycles. The fraction of sp³-hybridized carbons (Fsp3) is 0.333. The Morgan fingerprint density at radius 2 is 1.77 bits per heavy atom. The average molecular weight is 448 g/mol. The molecule has 2 N–H and O–H groups in total. The third kappa shape index (κ3) is 6.03. The molecule has 1 saturated heterocycles. The summed E-state index contributed by atoms with van der Waals surface area (Å²) in [6.45, 7) is 4.73. The van der Waals surface area contributed by atoms with Gasteiger partial charge < -0.3 is 14.8 Å². The molecule has 2 aromatic rings. The molecule has 3 rings (SSSR count). The Morgan fingerprint density at radius 1 is 1.10 bits per heavy atom. The monoisotopic (exact) mass is 447 g/mol. The van der Waals surface area contributed by atoms with Crippen molar-refractivity contribution in [3.8, 4) is 5.75 Å². The Balaban J connectivity index is 1.75. The summed E-state index contributed by atoms with van der Waals surface area (Å²) in [5.41, 5.74) is 1.46. The molecule has 0 saturated carbocycles. The highest BCUT2D eigenvalue weighted by molar-refractivity contribution is 7.90. The van der Waals surface area contributed by atoms with Gasteiger partial charge >= 0.3 is 0 Å². The van der Waals surface area contributed by atoms with Gasteiger partial charge in [0.2, 0.25) is 5.91 Å². The number of amides is 2. The fourth-order valence-corrected chi connectivity index (χ4v) is 4.18. The molecule has 166 valence electrons. The number of rotatable bonds is 7. The lowest BCUT2D eigenvalue weighted by Crippen LogP contribution is -2.36. The molecule has 0 bridgehead atoms. The first-order valence-electron chi connectivity index (χ1n) is 9.70. The summed E-state index contributed by atoms with van der Waals surface area (Å²) >= 11 is 0. The molecule has 1 heterocycles. The minimum atomic E-state index is -4.08. The lowest BCUT2D eigenvalue weighted by molar-refractivity contribution is -0.114. The van der Waals surface area contributed by atoms with Gasteiger partial charge in [0.15, 0.2) is 0 Å². The van der Waals surface area contributed by atoms with Crippen LogP contribution in [0.2, 0.25) is 0 Å². The zero-order valence-corrected chi connectivity index (χ0v) is 18.2. The van der Waals surface area contributed by atoms with Crippen LogP contribution in [0.5, 0.6) is 5.75 Å². The predicted molar refractivity (Wildman–Crippen MR) is 114 cm³/mol. The topological polar surface area (TPSA) is 114 Å². The van der Waals surface area contributed by atoms with Crippen LogP contribution in [-0.2, 0) is 26.1 Å². The van der Waals surface area contributed by atoms with E-state index in [4.69, 9.17) is 9.47 Å². The molecule has 10 heteroatoms. The summed E-state index contributed by atoms with van der Waals surface area (Å²) in [5, 5.41) is 2.56. The second kappa shape index (κ2) is 9.90. The second-order valence-corrected chi connectivity index (χ2v) is 8.74. The molecular weight excluding hydrogens is 422 g/mol. The number of morpholine rings is 1. The summed E-state index contributed by atoms with van der Waals surface area (Å²) in [5.74, 6) is -0.382. The van der Waals surface area contributed by atoms with E-state index in [1.165, 1.54) is 37.3 Å². The third-order valence-corrected chi connectivity index (χ3v) is 6.10. The van der Waals surface area contributed by atoms with E-state index in [2.05, 4.69) is 14.9 Å². The summed E-state index contributed by atoms with van der Waals surface area (Å²) in [6.07, 6.45) is 0. The molecular formula is C21H25N3O6S. The van der Waals surface area contributed by atoms with Crippen molar-refractivity contribution in [3.05, 3.63) is 53.6 Å². The molecule has 1 fully saturated rings. The molecule has 2 aromatic carbocycles. The Bertz CT molecular complexity index is 1050. The second-order valence-electron chi connectivity index (χ2n) is 7.06. The first-order chi connectivity index (χ1) is 14.8. The van der Waals surface area contributed by atoms with Gasteiger partial charge in [0.05, 0.1) is 25.2 Å². The maximum atomic E-state index is 12.7. The standard InChI is InChI=1S/C21H25N3O6S/c1-15(25)22-18-4-6-19(7-5-18)31(27,28)23-21(26)16-3-8-20(29-2)17(13-16)14-24-9-11-30-12-10-24/h3-8,13H,9-12,14H2,1-2H3,(H,22,25)(H,23,26). The van der Waals surface area contributed by atoms with Gasteiger partial charge in [-0.2, -0.15) is 0 Å². The third-order valence-electron chi connectivity index (χ3n) is 4.75. The Labute approximate surface area is 181 Å². The average Bonchev–Trinajstić information content (AvgIpc) is 2.74. The van der Waals surface area contributed by atoms with Crippen molar-refractivity contribution in [3.63, 3.8) is 0 Å². The van der Waals surface area contributed by atoms with Gasteiger partial charge in [-0.25, -0.2) is 13.1 Å². The van der Waals surface area contributed by atoms with Gasteiger partial charge in [-0.05, 0) is 42.5 Å². The van der Waals surface area contributed by atoms with Gasteiger partial charge in [0, 0.05) is 43.4 Å². The number of ether oxygens (including phenoxy) is 2. The predicted octanol–water partition coefficient (Wildman–Crippen LogP) is 1.60. The highest BCUT2D eigenvalue weighted by Crippen LogP contribution is 2.23. The number of hydrogen-bond donors (Lipinski definition) is 2. The smallest absolute Gasteiger partial charge is 0.265 e. The molecule has 1 aliphatic heterocycles. The maximum Gasteiger partial charge on any atom is 0.265 e. The molecule has 0 radical (unpaired) electrons. The SMILES string of the molecule is COc1ccc(C(=O)NS(=O)(=O)c2ccc(NC(C)=O)cc2)cc1CN1CCOCC1. The van der Waals surface area contributed by atoms with E-state index < -0.39 is 15.9 Å². The highest BCUT2D eigenvalue weighted by Gasteiger charge is 2.21. The summed E-state index contributed by atoms with van der Waals surface area (Å²) in [4.78, 5) is 25.9. The van der Waals surface area contributed by atoms with Crippen molar-refractivity contribution in [2.45, 2.75) is 18.4 Å². The van der Waals surface area contributed by atoms with Crippen LogP contribution in [0, 0.1) is 0 Å². The van der Waals surface area contributed by atoms with Crippen molar-refractivity contribution >= 4 is 27.5 Å². The number of carbonyl (C=O) groups excluding carboxylic acids is 2. The number of methoxy groups -OCH3 is 1. The van der Waals surface area contributed by atoms with Gasteiger partial charge in [0.1, 0.15) is 5.75 Å². The van der Waals surface area contributed by atoms with E-state index in [1.807, 2.05) is 0 Å². The van der Waals surface area contributed by atoms with Crippen molar-refractivity contribution in [2.24, 2.45) is 0 Å². The largest absolute Gasteiger partial charge is 0.496 e. The lowest BCUT2D eigenvalue weighted by Gasteiger charge is -2.27. The summed E-state index contributed by atoms with van der Waals surface area (Å²) in [6, 6.07) is 10.4. The van der Waals surface area contributed by atoms with E-state index in [9.17, 15) is 18.0 Å². The number of sulfonamides is 1. The van der Waals surface area contributed by atoms with Crippen LogP contribution in [-0.4, -0.2) is 58.5 Å². The Morgan fingerprint density at radius 3 is 2.39 bits per heavy atom. The van der Waals surface area contributed by atoms with Crippen LogP contribution in [0.1, 0.15) is 22.8 Å². The van der Waals surface area contributed by atoms with Crippen molar-refractivity contribution < 1.29 is 27.5 Å². The van der Waals surface area contributed by atoms with Gasteiger partial charge in [0.25, 0.3) is 15.9 Å². The van der Waals surface area contributed by atoms with E-state index in [1.54, 1.807) is 19.2 Å². The number of hydrogen-bond acceptors (Lipinski definition) is 7. The van der Waals surface area contributed by atoms with E-state index in [0.29, 0.717) is 31.2 Å². The van der Waals surface area contributed by atoms with Crippen LogP contribution >= 0.6 is 0 Å². The zero-order chi connectivity index (χ0) is 22.4. The van der Waals surface area contributed by atoms with E-state index in [0.717, 1.165) is 18.7 Å². The normalized spacial score (nSPS) is 14.6. The molecule has 0 unspecified atom stereocenters. The van der Waals surface area contributed by atoms with Gasteiger partial charge in [-0.3, -0.25) is 14.5 Å². The Hall–Kier alpha value is -2.95. The van der Waals surface area contributed by atoms with Crippen LogP contribution < -0.4 is 14.8 Å². The van der Waals surface area contributed by atoms with Crippen LogP contribution in [0.4, 0.5) is 5.69 Å². The number of carbonyl (C=O) groups is 2. The minimum absolute atomic E-state index is 0.0861. The molecule has 31 heavy (non-hydrogen) atoms.